The second kappa shape index (κ2) is 10.2. The Labute approximate surface area is 178 Å². The summed E-state index contributed by atoms with van der Waals surface area (Å²) in [7, 11) is 0. The SMILES string of the molecule is C=CCn1c(-c2ccccc2)c(NC(=O)OCC)s/c1=N\N=C\c1ccc(O)cc1. The monoisotopic (exact) mass is 422 g/mol. The molecule has 0 atom stereocenters. The Kier molecular flexibility index (Phi) is 7.18. The van der Waals surface area contributed by atoms with Gasteiger partial charge in [0.25, 0.3) is 0 Å². The van der Waals surface area contributed by atoms with E-state index in [4.69, 9.17) is 4.74 Å². The zero-order chi connectivity index (χ0) is 21.3. The van der Waals surface area contributed by atoms with Crippen molar-refractivity contribution in [3.8, 4) is 17.0 Å². The first-order chi connectivity index (χ1) is 14.6. The minimum Gasteiger partial charge on any atom is -0.508 e. The molecule has 0 aliphatic heterocycles. The fourth-order valence-electron chi connectivity index (χ4n) is 2.72. The molecule has 2 N–H and O–H groups in total. The van der Waals surface area contributed by atoms with Gasteiger partial charge in [0.15, 0.2) is 0 Å². The van der Waals surface area contributed by atoms with E-state index in [1.807, 2.05) is 34.9 Å². The summed E-state index contributed by atoms with van der Waals surface area (Å²) in [6.45, 7) is 6.35. The molecule has 0 radical (unpaired) electrons. The van der Waals surface area contributed by atoms with Crippen LogP contribution in [0.2, 0.25) is 0 Å². The Morgan fingerprint density at radius 1 is 1.23 bits per heavy atom. The van der Waals surface area contributed by atoms with Crippen LogP contribution in [0.15, 0.2) is 77.5 Å². The van der Waals surface area contributed by atoms with Crippen molar-refractivity contribution in [2.24, 2.45) is 10.2 Å². The lowest BCUT2D eigenvalue weighted by Crippen LogP contribution is -2.15. The number of carbonyl (C=O) groups excluding carboxylic acids is 1. The van der Waals surface area contributed by atoms with Gasteiger partial charge in [-0.2, -0.15) is 5.10 Å². The van der Waals surface area contributed by atoms with Crippen molar-refractivity contribution >= 4 is 28.6 Å². The lowest BCUT2D eigenvalue weighted by Gasteiger charge is -2.10. The summed E-state index contributed by atoms with van der Waals surface area (Å²) >= 11 is 1.30. The Morgan fingerprint density at radius 3 is 2.63 bits per heavy atom. The molecule has 1 heterocycles. The van der Waals surface area contributed by atoms with Gasteiger partial charge in [-0.1, -0.05) is 47.7 Å². The van der Waals surface area contributed by atoms with E-state index in [1.165, 1.54) is 11.3 Å². The molecule has 0 fully saturated rings. The fraction of sp³-hybridized carbons (Fsp3) is 0.136. The number of ether oxygens (including phenoxy) is 1. The van der Waals surface area contributed by atoms with Crippen molar-refractivity contribution in [2.45, 2.75) is 13.5 Å². The summed E-state index contributed by atoms with van der Waals surface area (Å²) in [5.41, 5.74) is 2.52. The molecule has 154 valence electrons. The van der Waals surface area contributed by atoms with Crippen LogP contribution in [0.1, 0.15) is 12.5 Å². The Balaban J connectivity index is 2.07. The number of phenols is 1. The van der Waals surface area contributed by atoms with Crippen molar-refractivity contribution in [2.75, 3.05) is 11.9 Å². The molecule has 2 aromatic carbocycles. The van der Waals surface area contributed by atoms with Crippen LogP contribution < -0.4 is 10.1 Å². The molecular weight excluding hydrogens is 400 g/mol. The van der Waals surface area contributed by atoms with Crippen molar-refractivity contribution in [1.82, 2.24) is 4.57 Å². The third-order valence-corrected chi connectivity index (χ3v) is 4.99. The van der Waals surface area contributed by atoms with E-state index in [0.717, 1.165) is 16.8 Å². The van der Waals surface area contributed by atoms with E-state index in [2.05, 4.69) is 22.1 Å². The molecule has 30 heavy (non-hydrogen) atoms. The summed E-state index contributed by atoms with van der Waals surface area (Å²) in [6.07, 6.45) is 2.83. The number of allylic oxidation sites excluding steroid dienone is 1. The number of anilines is 1. The molecule has 3 rings (SSSR count). The van der Waals surface area contributed by atoms with E-state index in [1.54, 1.807) is 43.5 Å². The Morgan fingerprint density at radius 2 is 1.97 bits per heavy atom. The molecule has 0 bridgehead atoms. The van der Waals surface area contributed by atoms with Gasteiger partial charge in [-0.05, 0) is 36.8 Å². The number of hydrogen-bond donors (Lipinski definition) is 2. The van der Waals surface area contributed by atoms with Gasteiger partial charge in [0.1, 0.15) is 10.8 Å². The third-order valence-electron chi connectivity index (χ3n) is 4.00. The number of aromatic nitrogens is 1. The zero-order valence-corrected chi connectivity index (χ0v) is 17.3. The molecule has 0 spiro atoms. The number of carbonyl (C=O) groups is 1. The van der Waals surface area contributed by atoms with Gasteiger partial charge in [-0.3, -0.25) is 5.32 Å². The molecule has 0 aliphatic rings. The molecule has 8 heteroatoms. The first-order valence-electron chi connectivity index (χ1n) is 9.32. The normalized spacial score (nSPS) is 11.6. The van der Waals surface area contributed by atoms with E-state index in [-0.39, 0.29) is 12.4 Å². The number of rotatable bonds is 7. The van der Waals surface area contributed by atoms with Crippen molar-refractivity contribution in [3.05, 3.63) is 77.6 Å². The summed E-state index contributed by atoms with van der Waals surface area (Å²) in [4.78, 5) is 12.7. The Hall–Kier alpha value is -3.65. The fourth-order valence-corrected chi connectivity index (χ4v) is 3.72. The highest BCUT2D eigenvalue weighted by molar-refractivity contribution is 7.14. The van der Waals surface area contributed by atoms with Gasteiger partial charge < -0.3 is 14.4 Å². The second-order valence-corrected chi connectivity index (χ2v) is 7.09. The van der Waals surface area contributed by atoms with Crippen LogP contribution in [0.25, 0.3) is 11.3 Å². The van der Waals surface area contributed by atoms with Crippen LogP contribution in [0.4, 0.5) is 9.80 Å². The minimum atomic E-state index is -0.527. The van der Waals surface area contributed by atoms with Crippen LogP contribution >= 0.6 is 11.3 Å². The standard InChI is InChI=1S/C22H22N4O3S/c1-3-14-26-19(17-8-6-5-7-9-17)20(24-22(28)29-4-2)30-21(26)25-23-15-16-10-12-18(27)13-11-16/h3,5-13,15,27H,1,4,14H2,2H3,(H,24,28)/b23-15+,25-21-. The molecule has 7 nitrogen and oxygen atoms in total. The van der Waals surface area contributed by atoms with E-state index < -0.39 is 6.09 Å². The molecule has 0 saturated carbocycles. The predicted octanol–water partition coefficient (Wildman–Crippen LogP) is 4.61. The Bertz CT molecular complexity index is 1100. The zero-order valence-electron chi connectivity index (χ0n) is 16.5. The number of benzene rings is 2. The first kappa shape index (κ1) is 21.1. The minimum absolute atomic E-state index is 0.188. The lowest BCUT2D eigenvalue weighted by atomic mass is 10.1. The number of nitrogens with zero attached hydrogens (tertiary/aromatic N) is 3. The summed E-state index contributed by atoms with van der Waals surface area (Å²) in [5, 5.41) is 21.3. The van der Waals surface area contributed by atoms with Gasteiger partial charge in [-0.15, -0.1) is 11.7 Å². The predicted molar refractivity (Wildman–Crippen MR) is 120 cm³/mol. The highest BCUT2D eigenvalue weighted by Gasteiger charge is 2.17. The molecule has 0 saturated heterocycles. The average molecular weight is 423 g/mol. The second-order valence-electron chi connectivity index (χ2n) is 6.11. The highest BCUT2D eigenvalue weighted by atomic mass is 32.1. The van der Waals surface area contributed by atoms with Crippen LogP contribution in [0.3, 0.4) is 0 Å². The molecule has 3 aromatic rings. The van der Waals surface area contributed by atoms with Crippen LogP contribution in [0.5, 0.6) is 5.75 Å². The number of aromatic hydroxyl groups is 1. The van der Waals surface area contributed by atoms with Crippen LogP contribution in [-0.2, 0) is 11.3 Å². The summed E-state index contributed by atoms with van der Waals surface area (Å²) < 4.78 is 6.97. The molecular formula is C22H22N4O3S. The maximum absolute atomic E-state index is 12.1. The maximum atomic E-state index is 12.1. The molecule has 0 unspecified atom stereocenters. The number of amides is 1. The number of nitrogens with one attached hydrogen (secondary N) is 1. The lowest BCUT2D eigenvalue weighted by molar-refractivity contribution is 0.168. The number of thiazole rings is 1. The van der Waals surface area contributed by atoms with E-state index in [0.29, 0.717) is 16.3 Å². The third kappa shape index (κ3) is 5.24. The quantitative estimate of drug-likeness (QED) is 0.331. The van der Waals surface area contributed by atoms with Crippen molar-refractivity contribution < 1.29 is 14.6 Å². The maximum Gasteiger partial charge on any atom is 0.412 e. The van der Waals surface area contributed by atoms with Crippen LogP contribution in [0, 0.1) is 0 Å². The van der Waals surface area contributed by atoms with Crippen molar-refractivity contribution in [3.63, 3.8) is 0 Å². The number of hydrogen-bond acceptors (Lipinski definition) is 6. The van der Waals surface area contributed by atoms with Gasteiger partial charge in [0.05, 0.1) is 18.5 Å². The van der Waals surface area contributed by atoms with Gasteiger partial charge >= 0.3 is 6.09 Å². The molecule has 1 amide bonds. The van der Waals surface area contributed by atoms with Gasteiger partial charge in [0.2, 0.25) is 4.80 Å². The summed E-state index contributed by atoms with van der Waals surface area (Å²) in [5.74, 6) is 0.188. The van der Waals surface area contributed by atoms with Gasteiger partial charge in [-0.25, -0.2) is 4.79 Å². The highest BCUT2D eigenvalue weighted by Crippen LogP contribution is 2.31. The average Bonchev–Trinajstić information content (AvgIpc) is 3.07. The summed E-state index contributed by atoms with van der Waals surface area (Å²) in [6, 6.07) is 16.4. The van der Waals surface area contributed by atoms with Crippen molar-refractivity contribution in [1.29, 1.82) is 0 Å². The topological polar surface area (TPSA) is 88.2 Å². The molecule has 0 aliphatic carbocycles. The number of phenolic OH excluding ortho intramolecular Hbond substituents is 1. The largest absolute Gasteiger partial charge is 0.508 e. The molecule has 1 aromatic heterocycles. The smallest absolute Gasteiger partial charge is 0.412 e. The van der Waals surface area contributed by atoms with E-state index in [9.17, 15) is 9.90 Å². The first-order valence-corrected chi connectivity index (χ1v) is 10.1. The van der Waals surface area contributed by atoms with E-state index >= 15 is 0 Å². The van der Waals surface area contributed by atoms with Crippen LogP contribution in [-0.4, -0.2) is 28.6 Å². The van der Waals surface area contributed by atoms with Gasteiger partial charge in [0, 0.05) is 12.1 Å².